The van der Waals surface area contributed by atoms with Gasteiger partial charge in [-0.1, -0.05) is 30.0 Å². The van der Waals surface area contributed by atoms with Crippen LogP contribution in [0, 0.1) is 17.8 Å². The van der Waals surface area contributed by atoms with E-state index in [0.29, 0.717) is 12.5 Å². The molecule has 0 bridgehead atoms. The van der Waals surface area contributed by atoms with Gasteiger partial charge in [0.05, 0.1) is 32.7 Å². The van der Waals surface area contributed by atoms with Crippen molar-refractivity contribution in [3.8, 4) is 23.0 Å². The van der Waals surface area contributed by atoms with Crippen LogP contribution in [-0.2, 0) is 14.2 Å². The SMILES string of the molecule is CC(C)(C)OC(=O)N1CCCC2C(c3nc4ccc(C#Cc5ccc(-c6ccc7nc(C89CCCN(C(=O)OC(C)(C)C)C8S9)[nH]c7c6)cc5)cc4[nH]3)SC21. The average Bonchev–Trinajstić information content (AvgIpc) is 3.50. The van der Waals surface area contributed by atoms with Crippen molar-refractivity contribution in [2.24, 2.45) is 5.92 Å². The molecular weight excluding hydrogens is 729 g/mol. The number of thioether (sulfide) groups is 2. The molecule has 2 aromatic heterocycles. The van der Waals surface area contributed by atoms with Crippen LogP contribution in [-0.4, -0.2) is 77.0 Å². The van der Waals surface area contributed by atoms with Gasteiger partial charge in [-0.15, -0.1) is 23.5 Å². The van der Waals surface area contributed by atoms with Gasteiger partial charge in [-0.3, -0.25) is 9.80 Å². The molecule has 12 heteroatoms. The monoisotopic (exact) mass is 774 g/mol. The molecule has 9 rings (SSSR count). The molecule has 5 aromatic rings. The molecule has 4 aliphatic heterocycles. The molecular formula is C43H46N6O4S2. The van der Waals surface area contributed by atoms with E-state index >= 15 is 0 Å². The molecule has 0 radical (unpaired) electrons. The molecule has 4 aliphatic rings. The molecule has 4 fully saturated rings. The molecule has 3 aromatic carbocycles. The maximum absolute atomic E-state index is 12.9. The van der Waals surface area contributed by atoms with Gasteiger partial charge in [0.15, 0.2) is 0 Å². The van der Waals surface area contributed by atoms with E-state index < -0.39 is 11.2 Å². The predicted octanol–water partition coefficient (Wildman–Crippen LogP) is 9.57. The number of aromatic amines is 2. The summed E-state index contributed by atoms with van der Waals surface area (Å²) < 4.78 is 11.2. The highest BCUT2D eigenvalue weighted by atomic mass is 32.2. The van der Waals surface area contributed by atoms with Crippen LogP contribution in [0.1, 0.15) is 95.3 Å². The van der Waals surface area contributed by atoms with Gasteiger partial charge < -0.3 is 19.4 Å². The van der Waals surface area contributed by atoms with E-state index in [1.165, 1.54) is 0 Å². The Morgan fingerprint density at radius 3 is 2.18 bits per heavy atom. The number of likely N-dealkylation sites (tertiary alicyclic amines) is 2. The molecule has 0 aliphatic carbocycles. The van der Waals surface area contributed by atoms with Crippen LogP contribution in [0.3, 0.4) is 0 Å². The number of carbonyl (C=O) groups is 2. The number of hydrogen-bond donors (Lipinski definition) is 2. The first-order valence-electron chi connectivity index (χ1n) is 19.2. The lowest BCUT2D eigenvalue weighted by Gasteiger charge is -2.51. The summed E-state index contributed by atoms with van der Waals surface area (Å²) in [6, 6.07) is 20.8. The van der Waals surface area contributed by atoms with E-state index in [-0.39, 0.29) is 32.9 Å². The molecule has 2 amide bonds. The van der Waals surface area contributed by atoms with E-state index in [1.54, 1.807) is 23.5 Å². The first-order valence-corrected chi connectivity index (χ1v) is 21.0. The van der Waals surface area contributed by atoms with Gasteiger partial charge >= 0.3 is 12.2 Å². The number of benzene rings is 3. The standard InChI is InChI=1S/C43H46N6O4S2/c1-41(2,3)52-39(50)48-21-7-9-29-34(54-36(29)48)35-44-30-18-14-26(23-32(30)45-35)11-10-25-12-15-27(16-13-25)28-17-19-31-33(24-28)47-37(46-31)43-20-8-22-49(38(43)55-43)40(51)53-42(4,5)6/h12-19,23-24,29,34,36,38H,7-9,20-22H2,1-6H3,(H,44,45)(H,46,47). The fourth-order valence-corrected chi connectivity index (χ4v) is 11.1. The van der Waals surface area contributed by atoms with Crippen molar-refractivity contribution in [1.29, 1.82) is 0 Å². The molecule has 0 saturated carbocycles. The maximum atomic E-state index is 12.9. The average molecular weight is 775 g/mol. The van der Waals surface area contributed by atoms with E-state index in [0.717, 1.165) is 88.2 Å². The van der Waals surface area contributed by atoms with Crippen LogP contribution in [0.25, 0.3) is 33.2 Å². The molecule has 0 spiro atoms. The summed E-state index contributed by atoms with van der Waals surface area (Å²) in [7, 11) is 0. The van der Waals surface area contributed by atoms with Crippen molar-refractivity contribution in [1.82, 2.24) is 29.7 Å². The second-order valence-electron chi connectivity index (χ2n) is 17.1. The molecule has 6 heterocycles. The number of imidazole rings is 2. The number of amides is 2. The van der Waals surface area contributed by atoms with Crippen molar-refractivity contribution < 1.29 is 19.1 Å². The van der Waals surface area contributed by atoms with Crippen molar-refractivity contribution in [2.45, 2.75) is 99.2 Å². The Bertz CT molecular complexity index is 2380. The Morgan fingerprint density at radius 1 is 0.782 bits per heavy atom. The van der Waals surface area contributed by atoms with Gasteiger partial charge in [-0.25, -0.2) is 19.6 Å². The van der Waals surface area contributed by atoms with E-state index in [9.17, 15) is 9.59 Å². The first-order chi connectivity index (χ1) is 26.2. The minimum absolute atomic E-state index is 0.0416. The minimum Gasteiger partial charge on any atom is -0.444 e. The maximum Gasteiger partial charge on any atom is 0.411 e. The van der Waals surface area contributed by atoms with Gasteiger partial charge in [-0.05, 0) is 121 Å². The highest BCUT2D eigenvalue weighted by molar-refractivity contribution is 8.08. The highest BCUT2D eigenvalue weighted by Crippen LogP contribution is 2.66. The normalized spacial score (nSPS) is 24.7. The van der Waals surface area contributed by atoms with Gasteiger partial charge in [-0.2, -0.15) is 0 Å². The predicted molar refractivity (Wildman–Crippen MR) is 219 cm³/mol. The van der Waals surface area contributed by atoms with Gasteiger partial charge in [0, 0.05) is 30.1 Å². The number of nitrogens with one attached hydrogen (secondary N) is 2. The Morgan fingerprint density at radius 2 is 1.42 bits per heavy atom. The highest BCUT2D eigenvalue weighted by Gasteiger charge is 2.65. The van der Waals surface area contributed by atoms with Crippen LogP contribution in [0.15, 0.2) is 60.7 Å². The second kappa shape index (κ2) is 13.3. The third-order valence-electron chi connectivity index (χ3n) is 10.7. The zero-order chi connectivity index (χ0) is 38.3. The number of H-pyrrole nitrogens is 2. The van der Waals surface area contributed by atoms with Gasteiger partial charge in [0.25, 0.3) is 0 Å². The first kappa shape index (κ1) is 36.1. The molecule has 4 saturated heterocycles. The third-order valence-corrected chi connectivity index (χ3v) is 14.1. The number of hydrogen-bond acceptors (Lipinski definition) is 8. The summed E-state index contributed by atoms with van der Waals surface area (Å²) in [5.41, 5.74) is 6.83. The largest absolute Gasteiger partial charge is 0.444 e. The number of nitrogens with zero attached hydrogens (tertiary/aromatic N) is 4. The lowest BCUT2D eigenvalue weighted by atomic mass is 9.92. The summed E-state index contributed by atoms with van der Waals surface area (Å²) in [6.45, 7) is 12.9. The van der Waals surface area contributed by atoms with Crippen LogP contribution >= 0.6 is 23.5 Å². The number of carbonyl (C=O) groups excluding carboxylic acids is 2. The Balaban J connectivity index is 0.859. The second-order valence-corrected chi connectivity index (χ2v) is 19.7. The fraction of sp³-hybridized carbons (Fsp3) is 0.442. The number of ether oxygens (including phenoxy) is 2. The summed E-state index contributed by atoms with van der Waals surface area (Å²) in [4.78, 5) is 46.7. The number of piperidine rings is 2. The summed E-state index contributed by atoms with van der Waals surface area (Å²) in [5, 5.41) is 0.400. The van der Waals surface area contributed by atoms with E-state index in [2.05, 4.69) is 70.3 Å². The zero-order valence-electron chi connectivity index (χ0n) is 32.1. The smallest absolute Gasteiger partial charge is 0.411 e. The van der Waals surface area contributed by atoms with Crippen LogP contribution in [0.2, 0.25) is 0 Å². The molecule has 10 nitrogen and oxygen atoms in total. The summed E-state index contributed by atoms with van der Waals surface area (Å²) in [6.07, 6.45) is 3.47. The summed E-state index contributed by atoms with van der Waals surface area (Å²) >= 11 is 3.58. The Labute approximate surface area is 329 Å². The van der Waals surface area contributed by atoms with E-state index in [1.807, 2.05) is 63.5 Å². The van der Waals surface area contributed by atoms with Crippen LogP contribution < -0.4 is 0 Å². The number of aromatic nitrogens is 4. The number of fused-ring (bicyclic) bond motifs is 4. The zero-order valence-corrected chi connectivity index (χ0v) is 33.7. The quantitative estimate of drug-likeness (QED) is 0.138. The topological polar surface area (TPSA) is 116 Å². The Kier molecular flexibility index (Phi) is 8.70. The van der Waals surface area contributed by atoms with Crippen molar-refractivity contribution >= 4 is 57.8 Å². The van der Waals surface area contributed by atoms with Crippen LogP contribution in [0.4, 0.5) is 9.59 Å². The van der Waals surface area contributed by atoms with Gasteiger partial charge in [0.1, 0.15) is 33.0 Å². The molecule has 284 valence electrons. The molecule has 5 atom stereocenters. The molecule has 2 N–H and O–H groups in total. The fourth-order valence-electron chi connectivity index (χ4n) is 8.03. The van der Waals surface area contributed by atoms with Crippen molar-refractivity contribution in [3.63, 3.8) is 0 Å². The lowest BCUT2D eigenvalue weighted by molar-refractivity contribution is 0.00887. The lowest BCUT2D eigenvalue weighted by Crippen LogP contribution is -2.54. The molecule has 55 heavy (non-hydrogen) atoms. The minimum atomic E-state index is -0.523. The third kappa shape index (κ3) is 6.95. The Hall–Kier alpha value is -4.60. The molecule has 5 unspecified atom stereocenters. The summed E-state index contributed by atoms with van der Waals surface area (Å²) in [5.74, 6) is 8.93. The van der Waals surface area contributed by atoms with E-state index in [4.69, 9.17) is 19.4 Å². The van der Waals surface area contributed by atoms with Crippen molar-refractivity contribution in [2.75, 3.05) is 13.1 Å². The van der Waals surface area contributed by atoms with Crippen LogP contribution in [0.5, 0.6) is 0 Å². The number of rotatable bonds is 3. The van der Waals surface area contributed by atoms with Crippen molar-refractivity contribution in [3.05, 3.63) is 83.4 Å². The van der Waals surface area contributed by atoms with Gasteiger partial charge in [0.2, 0.25) is 0 Å².